The highest BCUT2D eigenvalue weighted by Gasteiger charge is 2.53. The summed E-state index contributed by atoms with van der Waals surface area (Å²) in [5.74, 6) is 0. The Morgan fingerprint density at radius 3 is 2.05 bits per heavy atom. The molecular formula is C7H11F3O8S. The second kappa shape index (κ2) is 5.47. The van der Waals surface area contributed by atoms with Gasteiger partial charge in [0.25, 0.3) is 0 Å². The average molecular weight is 312 g/mol. The SMILES string of the molecule is O=S(=O)(OC1O[C@H](CO)[C@H](O)[C@H](O)[C@H]1O)C(F)(F)F. The van der Waals surface area contributed by atoms with E-state index < -0.39 is 52.9 Å². The summed E-state index contributed by atoms with van der Waals surface area (Å²) in [6.07, 6.45) is -10.1. The van der Waals surface area contributed by atoms with Gasteiger partial charge < -0.3 is 25.2 Å². The van der Waals surface area contributed by atoms with Crippen molar-refractivity contribution in [3.63, 3.8) is 0 Å². The highest BCUT2D eigenvalue weighted by atomic mass is 32.2. The fourth-order valence-corrected chi connectivity index (χ4v) is 1.84. The summed E-state index contributed by atoms with van der Waals surface area (Å²) in [4.78, 5) is 0. The smallest absolute Gasteiger partial charge is 0.394 e. The molecule has 1 fully saturated rings. The molecule has 0 bridgehead atoms. The van der Waals surface area contributed by atoms with Gasteiger partial charge in [-0.25, -0.2) is 4.18 Å². The highest BCUT2D eigenvalue weighted by molar-refractivity contribution is 7.87. The van der Waals surface area contributed by atoms with Gasteiger partial charge in [-0.05, 0) is 0 Å². The first-order valence-corrected chi connectivity index (χ1v) is 6.22. The van der Waals surface area contributed by atoms with Crippen molar-refractivity contribution in [1.29, 1.82) is 0 Å². The van der Waals surface area contributed by atoms with Crippen LogP contribution in [-0.4, -0.2) is 71.7 Å². The molecule has 114 valence electrons. The summed E-state index contributed by atoms with van der Waals surface area (Å²) in [5.41, 5.74) is -5.74. The molecule has 1 unspecified atom stereocenters. The Morgan fingerprint density at radius 2 is 1.63 bits per heavy atom. The summed E-state index contributed by atoms with van der Waals surface area (Å²) >= 11 is 0. The van der Waals surface area contributed by atoms with Crippen LogP contribution < -0.4 is 0 Å². The molecule has 0 aliphatic carbocycles. The maximum Gasteiger partial charge on any atom is 0.523 e. The third kappa shape index (κ3) is 3.34. The number of alkyl halides is 3. The van der Waals surface area contributed by atoms with Crippen molar-refractivity contribution in [2.75, 3.05) is 6.61 Å². The lowest BCUT2D eigenvalue weighted by Gasteiger charge is -2.39. The molecular weight excluding hydrogens is 301 g/mol. The van der Waals surface area contributed by atoms with Crippen LogP contribution in [0.3, 0.4) is 0 Å². The first kappa shape index (κ1) is 16.6. The Hall–Kier alpha value is -0.500. The Morgan fingerprint density at radius 1 is 1.11 bits per heavy atom. The molecule has 1 aliphatic rings. The molecule has 0 saturated carbocycles. The summed E-state index contributed by atoms with van der Waals surface area (Å²) in [7, 11) is -6.06. The van der Waals surface area contributed by atoms with Gasteiger partial charge in [0.15, 0.2) is 0 Å². The van der Waals surface area contributed by atoms with Gasteiger partial charge in [0.05, 0.1) is 6.61 Å². The van der Waals surface area contributed by atoms with E-state index >= 15 is 0 Å². The Balaban J connectivity index is 2.89. The second-order valence-electron chi connectivity index (χ2n) is 3.69. The van der Waals surface area contributed by atoms with Gasteiger partial charge in [-0.15, -0.1) is 0 Å². The Labute approximate surface area is 105 Å². The first-order chi connectivity index (χ1) is 8.51. The fourth-order valence-electron chi connectivity index (χ4n) is 1.33. The van der Waals surface area contributed by atoms with Crippen molar-refractivity contribution in [3.8, 4) is 0 Å². The summed E-state index contributed by atoms with van der Waals surface area (Å²) in [6, 6.07) is 0. The van der Waals surface area contributed by atoms with Gasteiger partial charge in [0.2, 0.25) is 6.29 Å². The Kier molecular flexibility index (Phi) is 4.77. The summed E-state index contributed by atoms with van der Waals surface area (Å²) < 4.78 is 65.6. The quantitative estimate of drug-likeness (QED) is 0.336. The van der Waals surface area contributed by atoms with Crippen LogP contribution in [0, 0.1) is 0 Å². The Bertz CT molecular complexity index is 407. The minimum atomic E-state index is -6.06. The van der Waals surface area contributed by atoms with E-state index in [0.29, 0.717) is 0 Å². The van der Waals surface area contributed by atoms with Gasteiger partial charge >= 0.3 is 15.6 Å². The molecule has 0 aromatic rings. The molecule has 19 heavy (non-hydrogen) atoms. The topological polar surface area (TPSA) is 134 Å². The molecule has 1 rings (SSSR count). The number of aliphatic hydroxyl groups excluding tert-OH is 4. The van der Waals surface area contributed by atoms with Gasteiger partial charge in [-0.2, -0.15) is 21.6 Å². The molecule has 0 radical (unpaired) electrons. The number of halogens is 3. The predicted octanol–water partition coefficient (Wildman–Crippen LogP) is -2.35. The van der Waals surface area contributed by atoms with E-state index in [1.54, 1.807) is 0 Å². The van der Waals surface area contributed by atoms with Crippen molar-refractivity contribution < 1.29 is 50.9 Å². The lowest BCUT2D eigenvalue weighted by molar-refractivity contribution is -0.278. The monoisotopic (exact) mass is 312 g/mol. The summed E-state index contributed by atoms with van der Waals surface area (Å²) in [6.45, 7) is -0.934. The zero-order valence-electron chi connectivity index (χ0n) is 9.06. The molecule has 12 heteroatoms. The average Bonchev–Trinajstić information content (AvgIpc) is 2.28. The summed E-state index contributed by atoms with van der Waals surface area (Å²) in [5, 5.41) is 36.5. The molecule has 1 heterocycles. The molecule has 0 aromatic carbocycles. The van der Waals surface area contributed by atoms with Crippen LogP contribution in [0.4, 0.5) is 13.2 Å². The standard InChI is InChI=1S/C7H11F3O8S/c8-7(9,10)19(15,16)18-6-5(14)4(13)3(12)2(1-11)17-6/h2-6,11-14H,1H2/t2-,3+,4+,5-,6?/m1/s1. The van der Waals surface area contributed by atoms with E-state index in [0.717, 1.165) is 0 Å². The minimum Gasteiger partial charge on any atom is -0.394 e. The first-order valence-electron chi connectivity index (χ1n) is 4.81. The van der Waals surface area contributed by atoms with Crippen LogP contribution in [0.25, 0.3) is 0 Å². The van der Waals surface area contributed by atoms with Crippen molar-refractivity contribution >= 4 is 10.1 Å². The second-order valence-corrected chi connectivity index (χ2v) is 5.26. The molecule has 0 aromatic heterocycles. The molecule has 5 atom stereocenters. The molecule has 1 aliphatic heterocycles. The minimum absolute atomic E-state index is 0.934. The van der Waals surface area contributed by atoms with Crippen LogP contribution in [0.5, 0.6) is 0 Å². The van der Waals surface area contributed by atoms with Gasteiger partial charge in [0, 0.05) is 0 Å². The van der Waals surface area contributed by atoms with E-state index in [-0.39, 0.29) is 0 Å². The maximum absolute atomic E-state index is 12.1. The van der Waals surface area contributed by atoms with Crippen molar-refractivity contribution in [2.24, 2.45) is 0 Å². The number of ether oxygens (including phenoxy) is 1. The predicted molar refractivity (Wildman–Crippen MR) is 49.8 cm³/mol. The number of aliphatic hydroxyl groups is 4. The third-order valence-electron chi connectivity index (χ3n) is 2.35. The highest BCUT2D eigenvalue weighted by Crippen LogP contribution is 2.29. The fraction of sp³-hybridized carbons (Fsp3) is 1.00. The lowest BCUT2D eigenvalue weighted by Crippen LogP contribution is -2.59. The van der Waals surface area contributed by atoms with Crippen LogP contribution in [0.15, 0.2) is 0 Å². The van der Waals surface area contributed by atoms with Crippen LogP contribution in [0.2, 0.25) is 0 Å². The van der Waals surface area contributed by atoms with Crippen molar-refractivity contribution in [1.82, 2.24) is 0 Å². The number of rotatable bonds is 3. The lowest BCUT2D eigenvalue weighted by atomic mass is 10.00. The van der Waals surface area contributed by atoms with Gasteiger partial charge in [-0.3, -0.25) is 0 Å². The molecule has 0 amide bonds. The molecule has 4 N–H and O–H groups in total. The van der Waals surface area contributed by atoms with E-state index in [4.69, 9.17) is 5.11 Å². The number of hydrogen-bond acceptors (Lipinski definition) is 8. The zero-order valence-corrected chi connectivity index (χ0v) is 9.87. The number of hydrogen-bond donors (Lipinski definition) is 4. The molecule has 1 saturated heterocycles. The normalized spacial score (nSPS) is 37.3. The van der Waals surface area contributed by atoms with Gasteiger partial charge in [0.1, 0.15) is 24.4 Å². The van der Waals surface area contributed by atoms with Crippen LogP contribution >= 0.6 is 0 Å². The van der Waals surface area contributed by atoms with Crippen molar-refractivity contribution in [2.45, 2.75) is 36.2 Å². The largest absolute Gasteiger partial charge is 0.523 e. The molecule has 0 spiro atoms. The van der Waals surface area contributed by atoms with Crippen molar-refractivity contribution in [3.05, 3.63) is 0 Å². The zero-order chi connectivity index (χ0) is 15.0. The van der Waals surface area contributed by atoms with E-state index in [2.05, 4.69) is 8.92 Å². The van der Waals surface area contributed by atoms with Gasteiger partial charge in [-0.1, -0.05) is 0 Å². The van der Waals surface area contributed by atoms with E-state index in [1.807, 2.05) is 0 Å². The van der Waals surface area contributed by atoms with E-state index in [9.17, 15) is 36.9 Å². The van der Waals surface area contributed by atoms with E-state index in [1.165, 1.54) is 0 Å². The molecule has 8 nitrogen and oxygen atoms in total. The van der Waals surface area contributed by atoms with Crippen LogP contribution in [0.1, 0.15) is 0 Å². The van der Waals surface area contributed by atoms with Crippen LogP contribution in [-0.2, 0) is 19.0 Å². The third-order valence-corrected chi connectivity index (χ3v) is 3.36. The maximum atomic E-state index is 12.1.